The fourth-order valence-corrected chi connectivity index (χ4v) is 2.59. The lowest BCUT2D eigenvalue weighted by Gasteiger charge is -2.30. The maximum atomic E-state index is 13.2. The van der Waals surface area contributed by atoms with Crippen LogP contribution in [0.2, 0.25) is 5.02 Å². The molecule has 1 aliphatic heterocycles. The molecule has 0 aliphatic carbocycles. The maximum Gasteiger partial charge on any atom is 0.126 e. The van der Waals surface area contributed by atoms with E-state index in [1.54, 1.807) is 6.07 Å². The van der Waals surface area contributed by atoms with Gasteiger partial charge in [-0.1, -0.05) is 23.7 Å². The summed E-state index contributed by atoms with van der Waals surface area (Å²) in [4.78, 5) is 0. The summed E-state index contributed by atoms with van der Waals surface area (Å²) in [5.41, 5.74) is 7.81. The highest BCUT2D eigenvalue weighted by Gasteiger charge is 2.27. The lowest BCUT2D eigenvalue weighted by Crippen LogP contribution is -2.24. The Bertz CT molecular complexity index is 617. The molecule has 1 aliphatic rings. The summed E-state index contributed by atoms with van der Waals surface area (Å²) in [6.07, 6.45) is 0.461. The van der Waals surface area contributed by atoms with E-state index in [2.05, 4.69) is 0 Å². The van der Waals surface area contributed by atoms with Crippen molar-refractivity contribution in [3.05, 3.63) is 64.4 Å². The molecule has 2 aromatic carbocycles. The van der Waals surface area contributed by atoms with E-state index in [-0.39, 0.29) is 18.0 Å². The molecule has 2 aromatic rings. The molecule has 0 saturated carbocycles. The molecule has 2 N–H and O–H groups in total. The third-order valence-corrected chi connectivity index (χ3v) is 3.56. The molecule has 2 atom stereocenters. The molecule has 98 valence electrons. The minimum atomic E-state index is -0.293. The highest BCUT2D eigenvalue weighted by atomic mass is 35.5. The van der Waals surface area contributed by atoms with Gasteiger partial charge in [0.25, 0.3) is 0 Å². The Morgan fingerprint density at radius 3 is 2.84 bits per heavy atom. The van der Waals surface area contributed by atoms with Gasteiger partial charge in [-0.15, -0.1) is 0 Å². The second kappa shape index (κ2) is 4.83. The van der Waals surface area contributed by atoms with Crippen LogP contribution in [0.4, 0.5) is 4.39 Å². The Kier molecular flexibility index (Phi) is 3.17. The summed E-state index contributed by atoms with van der Waals surface area (Å²) in [5, 5.41) is 0.666. The number of hydrogen-bond acceptors (Lipinski definition) is 2. The van der Waals surface area contributed by atoms with Crippen LogP contribution in [0.15, 0.2) is 42.5 Å². The first-order valence-electron chi connectivity index (χ1n) is 6.10. The van der Waals surface area contributed by atoms with E-state index < -0.39 is 0 Å². The van der Waals surface area contributed by atoms with Crippen LogP contribution in [-0.2, 0) is 0 Å². The van der Waals surface area contributed by atoms with Gasteiger partial charge in [0.05, 0.1) is 0 Å². The van der Waals surface area contributed by atoms with Crippen LogP contribution in [-0.4, -0.2) is 0 Å². The molecule has 0 saturated heterocycles. The number of hydrogen-bond donors (Lipinski definition) is 1. The van der Waals surface area contributed by atoms with Crippen LogP contribution in [0.25, 0.3) is 0 Å². The fourth-order valence-electron chi connectivity index (χ4n) is 2.39. The third-order valence-electron chi connectivity index (χ3n) is 3.33. The van der Waals surface area contributed by atoms with Crippen molar-refractivity contribution in [2.24, 2.45) is 5.73 Å². The number of benzene rings is 2. The second-order valence-corrected chi connectivity index (χ2v) is 5.12. The molecule has 0 amide bonds. The van der Waals surface area contributed by atoms with E-state index in [0.29, 0.717) is 17.2 Å². The number of fused-ring (bicyclic) bond motifs is 1. The van der Waals surface area contributed by atoms with Crippen molar-refractivity contribution in [3.63, 3.8) is 0 Å². The van der Waals surface area contributed by atoms with Crippen molar-refractivity contribution in [1.29, 1.82) is 0 Å². The van der Waals surface area contributed by atoms with E-state index >= 15 is 0 Å². The van der Waals surface area contributed by atoms with Gasteiger partial charge in [-0.25, -0.2) is 4.39 Å². The van der Waals surface area contributed by atoms with Crippen LogP contribution in [0.1, 0.15) is 29.7 Å². The highest BCUT2D eigenvalue weighted by molar-refractivity contribution is 6.30. The number of ether oxygens (including phenoxy) is 1. The molecule has 0 aromatic heterocycles. The van der Waals surface area contributed by atoms with Crippen LogP contribution < -0.4 is 10.5 Å². The molecule has 1 heterocycles. The first-order valence-corrected chi connectivity index (χ1v) is 6.48. The number of halogens is 2. The normalized spacial score (nSPS) is 21.6. The Labute approximate surface area is 115 Å². The zero-order valence-corrected chi connectivity index (χ0v) is 10.9. The molecule has 0 fully saturated rings. The van der Waals surface area contributed by atoms with Gasteiger partial charge in [-0.2, -0.15) is 0 Å². The summed E-state index contributed by atoms with van der Waals surface area (Å²) in [6.45, 7) is 0. The molecule has 19 heavy (non-hydrogen) atoms. The van der Waals surface area contributed by atoms with Crippen molar-refractivity contribution in [3.8, 4) is 5.75 Å². The molecule has 2 nitrogen and oxygen atoms in total. The average molecular weight is 278 g/mol. The maximum absolute atomic E-state index is 13.2. The monoisotopic (exact) mass is 277 g/mol. The minimum Gasteiger partial charge on any atom is -0.485 e. The number of nitrogens with two attached hydrogens (primary N) is 1. The average Bonchev–Trinajstić information content (AvgIpc) is 2.39. The smallest absolute Gasteiger partial charge is 0.126 e. The molecule has 2 unspecified atom stereocenters. The van der Waals surface area contributed by atoms with E-state index in [1.807, 2.05) is 24.3 Å². The quantitative estimate of drug-likeness (QED) is 0.855. The van der Waals surface area contributed by atoms with E-state index in [4.69, 9.17) is 22.1 Å². The molecule has 0 spiro atoms. The largest absolute Gasteiger partial charge is 0.485 e. The molecular weight excluding hydrogens is 265 g/mol. The Balaban J connectivity index is 1.95. The van der Waals surface area contributed by atoms with Gasteiger partial charge in [-0.3, -0.25) is 0 Å². The van der Waals surface area contributed by atoms with Gasteiger partial charge in [0.1, 0.15) is 17.7 Å². The van der Waals surface area contributed by atoms with Gasteiger partial charge < -0.3 is 10.5 Å². The van der Waals surface area contributed by atoms with Crippen molar-refractivity contribution >= 4 is 11.6 Å². The molecule has 0 radical (unpaired) electrons. The summed E-state index contributed by atoms with van der Waals surface area (Å²) in [5.74, 6) is 0.351. The number of rotatable bonds is 1. The summed E-state index contributed by atoms with van der Waals surface area (Å²) in [6, 6.07) is 11.7. The van der Waals surface area contributed by atoms with Crippen LogP contribution in [0.3, 0.4) is 0 Å². The Hall–Kier alpha value is -1.58. The molecule has 3 rings (SSSR count). The molecular formula is C15H13ClFNO. The standard InChI is InChI=1S/C15H13ClFNO/c16-10-3-1-2-9(6-10)15-8-13(18)12-7-11(17)4-5-14(12)19-15/h1-7,13,15H,8,18H2. The van der Waals surface area contributed by atoms with Crippen molar-refractivity contribution in [1.82, 2.24) is 0 Å². The predicted octanol–water partition coefficient (Wildman–Crippen LogP) is 4.00. The van der Waals surface area contributed by atoms with Crippen LogP contribution in [0.5, 0.6) is 5.75 Å². The van der Waals surface area contributed by atoms with Gasteiger partial charge >= 0.3 is 0 Å². The van der Waals surface area contributed by atoms with Crippen LogP contribution >= 0.6 is 11.6 Å². The second-order valence-electron chi connectivity index (χ2n) is 4.69. The van der Waals surface area contributed by atoms with Crippen molar-refractivity contribution in [2.75, 3.05) is 0 Å². The Morgan fingerprint density at radius 2 is 2.05 bits per heavy atom. The van der Waals surface area contributed by atoms with E-state index in [0.717, 1.165) is 11.1 Å². The summed E-state index contributed by atoms with van der Waals surface area (Å²) in [7, 11) is 0. The predicted molar refractivity (Wildman–Crippen MR) is 72.8 cm³/mol. The first-order chi connectivity index (χ1) is 9.13. The highest BCUT2D eigenvalue weighted by Crippen LogP contribution is 2.40. The topological polar surface area (TPSA) is 35.2 Å². The summed E-state index contributed by atoms with van der Waals surface area (Å²) < 4.78 is 19.1. The fraction of sp³-hybridized carbons (Fsp3) is 0.200. The minimum absolute atomic E-state index is 0.147. The van der Waals surface area contributed by atoms with Crippen LogP contribution in [0, 0.1) is 5.82 Å². The van der Waals surface area contributed by atoms with Gasteiger partial charge in [0.2, 0.25) is 0 Å². The zero-order chi connectivity index (χ0) is 13.4. The molecule has 4 heteroatoms. The van der Waals surface area contributed by atoms with Gasteiger partial charge in [-0.05, 0) is 35.9 Å². The summed E-state index contributed by atoms with van der Waals surface area (Å²) >= 11 is 5.99. The van der Waals surface area contributed by atoms with E-state index in [1.165, 1.54) is 12.1 Å². The SMILES string of the molecule is NC1CC(c2cccc(Cl)c2)Oc2ccc(F)cc21. The van der Waals surface area contributed by atoms with Gasteiger partial charge in [0.15, 0.2) is 0 Å². The first kappa shape index (κ1) is 12.5. The van der Waals surface area contributed by atoms with Crippen molar-refractivity contribution < 1.29 is 9.13 Å². The Morgan fingerprint density at radius 1 is 1.21 bits per heavy atom. The van der Waals surface area contributed by atoms with Crippen molar-refractivity contribution in [2.45, 2.75) is 18.6 Å². The lowest BCUT2D eigenvalue weighted by atomic mass is 9.93. The van der Waals surface area contributed by atoms with Gasteiger partial charge in [0, 0.05) is 23.0 Å². The molecule has 0 bridgehead atoms. The lowest BCUT2D eigenvalue weighted by molar-refractivity contribution is 0.161. The van der Waals surface area contributed by atoms with E-state index in [9.17, 15) is 4.39 Å². The zero-order valence-electron chi connectivity index (χ0n) is 10.1. The third kappa shape index (κ3) is 2.44.